The SMILES string of the molecule is C.C=CCCCCCCCCCOCCOCC(=O)Cl.C=CCCCCCCCCCOCCOCC(=O)O.C=CCCCCCCCCCOCCOCO.CC(=O)S.CC(=O)SCCCCCCCCCCCOCCOCC(=O)Cl.Cl.O=C(Cl)COCCOCCCCCCCCCCCS.O=S(Cl)Cl. The van der Waals surface area contributed by atoms with E-state index in [0.29, 0.717) is 66.1 Å². The van der Waals surface area contributed by atoms with Gasteiger partial charge in [0.05, 0.1) is 66.1 Å². The molecule has 0 amide bonds. The molecule has 29 heteroatoms. The van der Waals surface area contributed by atoms with Crippen molar-refractivity contribution in [2.75, 3.05) is 144 Å². The summed E-state index contributed by atoms with van der Waals surface area (Å²) in [4.78, 5) is 61.3. The second kappa shape index (κ2) is 122. The van der Waals surface area contributed by atoms with Gasteiger partial charge in [-0.2, -0.15) is 12.6 Å². The average molecular weight is 1750 g/mol. The van der Waals surface area contributed by atoms with Crippen molar-refractivity contribution in [3.63, 3.8) is 0 Å². The molecule has 0 saturated carbocycles. The van der Waals surface area contributed by atoms with Crippen molar-refractivity contribution in [3.8, 4) is 0 Å². The van der Waals surface area contributed by atoms with Gasteiger partial charge in [0.25, 0.3) is 0 Å². The number of carbonyl (C=O) groups excluding carboxylic acids is 5. The fourth-order valence-corrected chi connectivity index (χ4v) is 10.3. The molecule has 0 spiro atoms. The molecule has 0 saturated heterocycles. The number of rotatable bonds is 77. The number of ether oxygens (including phenoxy) is 10. The van der Waals surface area contributed by atoms with Crippen LogP contribution < -0.4 is 0 Å². The fraction of sp³-hybridized carbons (Fsp3) is 0.848. The zero-order valence-electron chi connectivity index (χ0n) is 66.0. The highest BCUT2D eigenvalue weighted by Crippen LogP contribution is 2.15. The van der Waals surface area contributed by atoms with Crippen LogP contribution in [0.1, 0.15) is 291 Å². The van der Waals surface area contributed by atoms with E-state index in [1.54, 1.807) is 6.92 Å². The van der Waals surface area contributed by atoms with E-state index in [9.17, 15) is 28.8 Å². The number of thiol groups is 2. The molecule has 0 aromatic heterocycles. The highest BCUT2D eigenvalue weighted by Gasteiger charge is 2.03. The molecular formula is C79H152Cl6O19S4. The number of allylic oxidation sites excluding steroid dienone is 3. The molecule has 19 nitrogen and oxygen atoms in total. The largest absolute Gasteiger partial charge is 0.480 e. The Balaban J connectivity index is -0.000000157. The summed E-state index contributed by atoms with van der Waals surface area (Å²) in [6.07, 6.45) is 58.8. The molecule has 0 fully saturated rings. The molecule has 0 bridgehead atoms. The molecule has 0 aliphatic carbocycles. The topological polar surface area (TPSA) is 252 Å². The van der Waals surface area contributed by atoms with Crippen LogP contribution in [0.25, 0.3) is 0 Å². The molecule has 648 valence electrons. The summed E-state index contributed by atoms with van der Waals surface area (Å²) in [6.45, 7) is 22.3. The number of hydrogen-bond donors (Lipinski definition) is 4. The minimum absolute atomic E-state index is 0. The second-order valence-corrected chi connectivity index (χ2v) is 30.7. The van der Waals surface area contributed by atoms with Crippen molar-refractivity contribution in [2.24, 2.45) is 0 Å². The van der Waals surface area contributed by atoms with Crippen LogP contribution in [-0.2, 0) is 85.4 Å². The third-order valence-corrected chi connectivity index (χ3v) is 16.1. The number of aliphatic carboxylic acids is 1. The number of carboxylic acids is 1. The average Bonchev–Trinajstić information content (AvgIpc) is 3.85. The molecule has 0 aromatic carbocycles. The lowest BCUT2D eigenvalue weighted by Gasteiger charge is -2.05. The summed E-state index contributed by atoms with van der Waals surface area (Å²) in [6, 6.07) is 0. The molecule has 0 aromatic rings. The lowest BCUT2D eigenvalue weighted by molar-refractivity contribution is -0.142. The molecule has 0 radical (unpaired) electrons. The Bertz CT molecular complexity index is 1760. The van der Waals surface area contributed by atoms with E-state index in [0.717, 1.165) is 102 Å². The predicted octanol–water partition coefficient (Wildman–Crippen LogP) is 22.1. The molecule has 2 N–H and O–H groups in total. The van der Waals surface area contributed by atoms with Gasteiger partial charge in [0.2, 0.25) is 25.0 Å². The number of halogens is 6. The van der Waals surface area contributed by atoms with Crippen molar-refractivity contribution in [3.05, 3.63) is 38.0 Å². The lowest BCUT2D eigenvalue weighted by atomic mass is 10.1. The molecule has 0 aliphatic heterocycles. The van der Waals surface area contributed by atoms with Gasteiger partial charge in [-0.25, -0.2) is 9.00 Å². The summed E-state index contributed by atoms with van der Waals surface area (Å²) in [7, 11) is 7.36. The minimum Gasteiger partial charge on any atom is -0.480 e. The van der Waals surface area contributed by atoms with Crippen LogP contribution in [0.3, 0.4) is 0 Å². The predicted molar refractivity (Wildman–Crippen MR) is 466 cm³/mol. The van der Waals surface area contributed by atoms with Gasteiger partial charge < -0.3 is 57.6 Å². The fourth-order valence-electron chi connectivity index (χ4n) is 9.22. The second-order valence-electron chi connectivity index (χ2n) is 24.6. The van der Waals surface area contributed by atoms with Crippen molar-refractivity contribution in [1.29, 1.82) is 0 Å². The van der Waals surface area contributed by atoms with Crippen molar-refractivity contribution < 1.29 is 90.6 Å². The number of unbranched alkanes of at least 4 members (excludes halogenated alkanes) is 37. The first-order valence-corrected chi connectivity index (χ1v) is 45.0. The molecule has 108 heavy (non-hydrogen) atoms. The van der Waals surface area contributed by atoms with E-state index < -0.39 is 30.9 Å². The van der Waals surface area contributed by atoms with Gasteiger partial charge in [0, 0.05) is 74.0 Å². The first-order chi connectivity index (χ1) is 51.3. The van der Waals surface area contributed by atoms with Crippen LogP contribution in [0.2, 0.25) is 0 Å². The van der Waals surface area contributed by atoms with E-state index in [1.165, 1.54) is 231 Å². The highest BCUT2D eigenvalue weighted by atomic mass is 36.0. The first-order valence-electron chi connectivity index (χ1n) is 39.0. The van der Waals surface area contributed by atoms with Crippen molar-refractivity contribution >= 4 is 147 Å². The molecule has 0 atom stereocenters. The highest BCUT2D eigenvalue weighted by molar-refractivity contribution is 8.26. The van der Waals surface area contributed by atoms with Crippen molar-refractivity contribution in [1.82, 2.24) is 0 Å². The number of aliphatic hydroxyl groups is 1. The monoisotopic (exact) mass is 1740 g/mol. The molecule has 0 heterocycles. The Labute approximate surface area is 704 Å². The standard InChI is InChI=1S/C17H31ClO4S.C15H29ClO3S.C15H27ClO3.C15H28O4.C14H28O3.C2H4OS.CH4.Cl2OS.ClH/c1-16(19)23-14-10-8-6-4-2-3-5-7-9-11-21-12-13-22-15-17(18)20;16-15(17)14-19-12-11-18-10-8-6-4-2-1-3-5-7-9-13-20;2*1-2-3-4-5-6-7-8-9-10-11-18-12-13-19-14-15(16)17;1-2-3-4-5-6-7-8-9-10-11-16-12-13-17-14-15;1-2(3)4;;1-4(2)3;/h2-15H2,1H3;20H,1-14H2;2H,1,3-14H2;2H,1,3-14H2,(H,16,17);2,15H,1,3-14H2;1H3,(H,3,4);1H4;;1H. The van der Waals surface area contributed by atoms with E-state index in [2.05, 4.69) is 66.4 Å². The number of aliphatic hydroxyl groups excluding tert-OH is 1. The molecule has 0 rings (SSSR count). The van der Waals surface area contributed by atoms with Gasteiger partial charge in [0.15, 0.2) is 10.2 Å². The van der Waals surface area contributed by atoms with E-state index in [1.807, 2.05) is 18.2 Å². The Kier molecular flexibility index (Phi) is 142. The maximum absolute atomic E-state index is 10.7. The smallest absolute Gasteiger partial charge is 0.329 e. The summed E-state index contributed by atoms with van der Waals surface area (Å²) >= 11 is 24.4. The zero-order valence-corrected chi connectivity index (χ0v) is 74.0. The third kappa shape index (κ3) is 169. The Morgan fingerprint density at radius 3 is 0.759 bits per heavy atom. The summed E-state index contributed by atoms with van der Waals surface area (Å²) in [5.41, 5.74) is 0. The Morgan fingerprint density at radius 2 is 0.556 bits per heavy atom. The van der Waals surface area contributed by atoms with Crippen LogP contribution >= 0.6 is 106 Å². The van der Waals surface area contributed by atoms with Gasteiger partial charge in [-0.15, -0.1) is 44.8 Å². The van der Waals surface area contributed by atoms with E-state index >= 15 is 0 Å². The van der Waals surface area contributed by atoms with Gasteiger partial charge in [-0.1, -0.05) is 224 Å². The number of hydrogen-bond acceptors (Lipinski definition) is 20. The van der Waals surface area contributed by atoms with Crippen LogP contribution in [-0.4, -0.2) is 190 Å². The molecule has 0 unspecified atom stereocenters. The third-order valence-electron chi connectivity index (χ3n) is 14.6. The number of carboxylic acid groups (broad SMARTS) is 1. The van der Waals surface area contributed by atoms with Crippen LogP contribution in [0, 0.1) is 0 Å². The van der Waals surface area contributed by atoms with Gasteiger partial charge in [-0.3, -0.25) is 24.0 Å². The number of thioether (sulfide) groups is 1. The minimum atomic E-state index is -1.67. The van der Waals surface area contributed by atoms with Gasteiger partial charge >= 0.3 is 5.97 Å². The van der Waals surface area contributed by atoms with Gasteiger partial charge in [-0.05, 0) is 124 Å². The summed E-state index contributed by atoms with van der Waals surface area (Å²) in [5.74, 6) is 1.06. The normalized spacial score (nSPS) is 10.3. The first kappa shape index (κ1) is 126. The quantitative estimate of drug-likeness (QED) is 0.0145. The van der Waals surface area contributed by atoms with Crippen LogP contribution in [0.5, 0.6) is 0 Å². The van der Waals surface area contributed by atoms with Gasteiger partial charge in [0.1, 0.15) is 33.2 Å². The van der Waals surface area contributed by atoms with Crippen LogP contribution in [0.15, 0.2) is 38.0 Å². The van der Waals surface area contributed by atoms with E-state index in [-0.39, 0.29) is 63.3 Å². The zero-order chi connectivity index (χ0) is 80.2. The Morgan fingerprint density at radius 1 is 0.361 bits per heavy atom. The number of carbonyl (C=O) groups is 6. The van der Waals surface area contributed by atoms with Crippen LogP contribution in [0.4, 0.5) is 0 Å². The maximum Gasteiger partial charge on any atom is 0.329 e. The summed E-state index contributed by atoms with van der Waals surface area (Å²) < 4.78 is 60.5. The van der Waals surface area contributed by atoms with E-state index in [4.69, 9.17) is 96.6 Å². The maximum atomic E-state index is 10.7. The summed E-state index contributed by atoms with van der Waals surface area (Å²) in [5, 5.41) is 15.4. The lowest BCUT2D eigenvalue weighted by Crippen LogP contribution is -2.11. The molecule has 0 aliphatic rings. The van der Waals surface area contributed by atoms with Crippen molar-refractivity contribution in [2.45, 2.75) is 291 Å². The molecular weight excluding hydrogens is 1590 g/mol. The Hall–Kier alpha value is -0.460.